The molecule has 4 heterocycles. The summed E-state index contributed by atoms with van der Waals surface area (Å²) >= 11 is 7.04. The van der Waals surface area contributed by atoms with E-state index in [4.69, 9.17) is 21.6 Å². The number of Topliss-reactive ketones (excluding diaryl/α,β-unsaturated/α-hetero) is 1. The summed E-state index contributed by atoms with van der Waals surface area (Å²) in [5.74, 6) is -0.128. The van der Waals surface area contributed by atoms with Crippen LogP contribution in [0.2, 0.25) is 5.02 Å². The first-order chi connectivity index (χ1) is 25.4. The van der Waals surface area contributed by atoms with Crippen LogP contribution in [0.4, 0.5) is 5.69 Å². The van der Waals surface area contributed by atoms with Crippen molar-refractivity contribution in [3.05, 3.63) is 87.0 Å². The van der Waals surface area contributed by atoms with Gasteiger partial charge in [0.05, 0.1) is 21.8 Å². The first kappa shape index (κ1) is 35.7. The van der Waals surface area contributed by atoms with E-state index in [1.54, 1.807) is 0 Å². The van der Waals surface area contributed by atoms with E-state index in [0.717, 1.165) is 123 Å². The number of benzene rings is 2. The van der Waals surface area contributed by atoms with Crippen LogP contribution in [0, 0.1) is 17.8 Å². The summed E-state index contributed by atoms with van der Waals surface area (Å²) in [7, 11) is 5.90. The number of carbonyl (C=O) groups is 3. The van der Waals surface area contributed by atoms with Crippen molar-refractivity contribution in [3.8, 4) is 11.1 Å². The number of rotatable bonds is 9. The Balaban J connectivity index is 0.963. The molecule has 12 heteroatoms. The smallest absolute Gasteiger partial charge is 0.309 e. The summed E-state index contributed by atoms with van der Waals surface area (Å²) in [5, 5.41) is 13.4. The number of likely N-dealkylation sites (N-methyl/N-ethyl adjacent to an activating group) is 1. The lowest BCUT2D eigenvalue weighted by molar-refractivity contribution is -0.159. The van der Waals surface area contributed by atoms with E-state index in [2.05, 4.69) is 22.2 Å². The minimum Gasteiger partial charge on any atom is -0.481 e. The quantitative estimate of drug-likeness (QED) is 0.194. The van der Waals surface area contributed by atoms with Crippen LogP contribution in [0.1, 0.15) is 93.7 Å². The van der Waals surface area contributed by atoms with Crippen LogP contribution in [0.25, 0.3) is 11.1 Å². The Labute approximate surface area is 315 Å². The number of ketones is 1. The highest BCUT2D eigenvalue weighted by Crippen LogP contribution is 2.57. The van der Waals surface area contributed by atoms with Crippen molar-refractivity contribution in [3.63, 3.8) is 0 Å². The summed E-state index contributed by atoms with van der Waals surface area (Å²) in [6, 6.07) is 11.5. The Morgan fingerprint density at radius 3 is 2.17 bits per heavy atom. The van der Waals surface area contributed by atoms with Gasteiger partial charge in [-0.05, 0) is 80.7 Å². The van der Waals surface area contributed by atoms with Crippen LogP contribution in [0.5, 0.6) is 0 Å². The fraction of sp³-hybridized carbons (Fsp3) is 0.488. The van der Waals surface area contributed by atoms with Gasteiger partial charge in [-0.25, -0.2) is 9.97 Å². The molecule has 3 saturated carbocycles. The fourth-order valence-corrected chi connectivity index (χ4v) is 9.84. The molecule has 0 atom stereocenters. The number of hydrogen-bond donors (Lipinski definition) is 2. The monoisotopic (exact) mass is 737 g/mol. The Kier molecular flexibility index (Phi) is 9.10. The molecule has 0 saturated heterocycles. The van der Waals surface area contributed by atoms with Crippen molar-refractivity contribution in [1.82, 2.24) is 28.9 Å². The summed E-state index contributed by atoms with van der Waals surface area (Å²) in [6.45, 7) is 6.18. The van der Waals surface area contributed by atoms with Crippen LogP contribution in [0.3, 0.4) is 0 Å². The molecule has 2 aromatic heterocycles. The molecule has 1 amide bonds. The highest BCUT2D eigenvalue weighted by molar-refractivity contribution is 6.34. The number of aliphatic carboxylic acids is 1. The molecule has 4 aromatic rings. The summed E-state index contributed by atoms with van der Waals surface area (Å²) in [6.07, 6.45) is 7.05. The maximum atomic E-state index is 13.8. The second-order valence-corrected chi connectivity index (χ2v) is 16.5. The third-order valence-electron chi connectivity index (χ3n) is 13.0. The number of imidazole rings is 2. The number of carbonyl (C=O) groups excluding carboxylic acids is 2. The van der Waals surface area contributed by atoms with Gasteiger partial charge in [0.1, 0.15) is 0 Å². The Morgan fingerprint density at radius 1 is 0.830 bits per heavy atom. The number of nitrogens with zero attached hydrogens (tertiary/aromatic N) is 6. The van der Waals surface area contributed by atoms with Gasteiger partial charge >= 0.3 is 5.97 Å². The summed E-state index contributed by atoms with van der Waals surface area (Å²) in [4.78, 5) is 53.5. The molecule has 0 radical (unpaired) electrons. The van der Waals surface area contributed by atoms with E-state index >= 15 is 0 Å². The Morgan fingerprint density at radius 2 is 1.45 bits per heavy atom. The third kappa shape index (κ3) is 6.30. The molecule has 0 unspecified atom stereocenters. The van der Waals surface area contributed by atoms with Gasteiger partial charge in [0.15, 0.2) is 11.6 Å². The lowest BCUT2D eigenvalue weighted by Gasteiger charge is -2.53. The highest BCUT2D eigenvalue weighted by Gasteiger charge is 2.53. The minimum atomic E-state index is -0.621. The maximum absolute atomic E-state index is 13.8. The zero-order chi connectivity index (χ0) is 37.2. The average molecular weight is 738 g/mol. The van der Waals surface area contributed by atoms with E-state index in [-0.39, 0.29) is 23.5 Å². The number of halogens is 1. The van der Waals surface area contributed by atoms with Gasteiger partial charge < -0.3 is 24.5 Å². The topological polar surface area (TPSA) is 126 Å². The molecule has 2 bridgehead atoms. The maximum Gasteiger partial charge on any atom is 0.309 e. The molecule has 2 aromatic carbocycles. The predicted octanol–water partition coefficient (Wildman–Crippen LogP) is 6.23. The van der Waals surface area contributed by atoms with Gasteiger partial charge in [-0.2, -0.15) is 0 Å². The van der Waals surface area contributed by atoms with Gasteiger partial charge in [-0.1, -0.05) is 41.9 Å². The summed E-state index contributed by atoms with van der Waals surface area (Å²) in [5.41, 5.74) is 7.71. The lowest BCUT2D eigenvalue weighted by atomic mass is 9.53. The number of carboxylic acid groups (broad SMARTS) is 1. The lowest BCUT2D eigenvalue weighted by Crippen LogP contribution is -2.51. The standard InChI is InChI=1S/C41H48ClN7O4/c1-25-27(28-9-5-7-26(35(28)42)21-34(50)36-43-30-22-46(2)19-11-32(30)47(36)3)8-6-10-29(25)45-38(51)37-44-31-23-49(20-12-33(31)48(37)4)24-40-13-16-41(17-14-40,18-15-40)39(52)53/h5-10H,11-24H2,1-4H3,(H,45,51)(H,52,53). The van der Waals surface area contributed by atoms with Crippen LogP contribution in [-0.2, 0) is 51.2 Å². The number of nitrogens with one attached hydrogen (secondary N) is 1. The number of carboxylic acids is 1. The van der Waals surface area contributed by atoms with Gasteiger partial charge in [0, 0.05) is 88.7 Å². The SMILES string of the molecule is Cc1c(NC(=O)c2nc3c(n2C)CCN(CC24CCC(C(=O)O)(CC2)CC4)C3)cccc1-c1cccc(CC(=O)c2nc3c(n2C)CCN(C)C3)c1Cl. The van der Waals surface area contributed by atoms with Crippen molar-refractivity contribution in [1.29, 1.82) is 0 Å². The molecular weight excluding hydrogens is 690 g/mol. The van der Waals surface area contributed by atoms with Gasteiger partial charge in [0.2, 0.25) is 5.78 Å². The van der Waals surface area contributed by atoms with E-state index in [1.165, 1.54) is 0 Å². The van der Waals surface area contributed by atoms with Gasteiger partial charge in [-0.15, -0.1) is 0 Å². The Bertz CT molecular complexity index is 2130. The largest absolute Gasteiger partial charge is 0.481 e. The minimum absolute atomic E-state index is 0.0725. The number of amides is 1. The molecule has 2 aliphatic heterocycles. The summed E-state index contributed by atoms with van der Waals surface area (Å²) < 4.78 is 3.86. The normalized spacial score (nSPS) is 22.7. The number of anilines is 1. The molecule has 3 aliphatic carbocycles. The Hall–Kier alpha value is -4.32. The highest BCUT2D eigenvalue weighted by atomic mass is 35.5. The molecule has 5 aliphatic rings. The number of hydrogen-bond acceptors (Lipinski definition) is 7. The number of fused-ring (bicyclic) bond motifs is 5. The van der Waals surface area contributed by atoms with E-state index in [0.29, 0.717) is 28.9 Å². The van der Waals surface area contributed by atoms with E-state index in [1.807, 2.05) is 66.6 Å². The van der Waals surface area contributed by atoms with Crippen LogP contribution in [0.15, 0.2) is 36.4 Å². The molecule has 2 N–H and O–H groups in total. The van der Waals surface area contributed by atoms with Gasteiger partial charge in [0.25, 0.3) is 5.91 Å². The zero-order valence-electron chi connectivity index (χ0n) is 31.1. The molecular formula is C41H48ClN7O4. The first-order valence-corrected chi connectivity index (χ1v) is 19.2. The molecule has 278 valence electrons. The van der Waals surface area contributed by atoms with Crippen molar-refractivity contribution in [2.75, 3.05) is 32.0 Å². The average Bonchev–Trinajstić information content (AvgIpc) is 3.65. The van der Waals surface area contributed by atoms with Crippen molar-refractivity contribution in [2.24, 2.45) is 24.9 Å². The van der Waals surface area contributed by atoms with Gasteiger partial charge in [-0.3, -0.25) is 19.3 Å². The van der Waals surface area contributed by atoms with Crippen molar-refractivity contribution < 1.29 is 19.5 Å². The predicted molar refractivity (Wildman–Crippen MR) is 203 cm³/mol. The molecule has 0 spiro atoms. The second kappa shape index (κ2) is 13.5. The zero-order valence-corrected chi connectivity index (χ0v) is 31.9. The molecule has 9 rings (SSSR count). The third-order valence-corrected chi connectivity index (χ3v) is 13.4. The molecule has 11 nitrogen and oxygen atoms in total. The first-order valence-electron chi connectivity index (χ1n) is 18.8. The van der Waals surface area contributed by atoms with Crippen LogP contribution >= 0.6 is 11.6 Å². The van der Waals surface area contributed by atoms with E-state index in [9.17, 15) is 19.5 Å². The van der Waals surface area contributed by atoms with Crippen molar-refractivity contribution >= 4 is 34.9 Å². The fourth-order valence-electron chi connectivity index (χ4n) is 9.54. The second-order valence-electron chi connectivity index (χ2n) is 16.1. The molecule has 3 fully saturated rings. The van der Waals surface area contributed by atoms with Crippen LogP contribution < -0.4 is 5.32 Å². The molecule has 53 heavy (non-hydrogen) atoms. The van der Waals surface area contributed by atoms with Crippen molar-refractivity contribution in [2.45, 2.75) is 77.8 Å². The number of aromatic nitrogens is 4. The van der Waals surface area contributed by atoms with E-state index < -0.39 is 11.4 Å². The van der Waals surface area contributed by atoms with Crippen LogP contribution in [-0.4, -0.2) is 78.4 Å².